The van der Waals surface area contributed by atoms with Crippen LogP contribution < -0.4 is 5.73 Å². The molecule has 1 aromatic carbocycles. The number of carbonyl (C=O) groups excluding carboxylic acids is 1. The van der Waals surface area contributed by atoms with Gasteiger partial charge in [0, 0.05) is 23.7 Å². The highest BCUT2D eigenvalue weighted by atomic mass is 32.1. The molecule has 5 heteroatoms. The number of carbonyl (C=O) groups is 1. The highest BCUT2D eigenvalue weighted by Crippen LogP contribution is 2.56. The van der Waals surface area contributed by atoms with Crippen molar-refractivity contribution in [3.8, 4) is 0 Å². The summed E-state index contributed by atoms with van der Waals surface area (Å²) in [5.41, 5.74) is 11.6. The molecule has 1 saturated carbocycles. The quantitative estimate of drug-likeness (QED) is 0.497. The number of hydrogen-bond acceptors (Lipinski definition) is 4. The largest absolute Gasteiger partial charge is 0.397 e. The summed E-state index contributed by atoms with van der Waals surface area (Å²) in [6, 6.07) is 13.3. The molecule has 3 aromatic rings. The molecule has 2 fully saturated rings. The number of pyridine rings is 1. The number of aromatic nitrogens is 1. The van der Waals surface area contributed by atoms with Crippen molar-refractivity contribution >= 4 is 33.1 Å². The van der Waals surface area contributed by atoms with Gasteiger partial charge >= 0.3 is 0 Å². The molecule has 2 bridgehead atoms. The molecule has 3 unspecified atom stereocenters. The molecule has 3 aliphatic rings. The van der Waals surface area contributed by atoms with Gasteiger partial charge < -0.3 is 10.6 Å². The number of benzene rings is 1. The molecule has 6 rings (SSSR count). The minimum atomic E-state index is 0.109. The van der Waals surface area contributed by atoms with Gasteiger partial charge in [-0.2, -0.15) is 0 Å². The minimum Gasteiger partial charge on any atom is -0.397 e. The van der Waals surface area contributed by atoms with Crippen molar-refractivity contribution in [3.05, 3.63) is 58.1 Å². The zero-order chi connectivity index (χ0) is 23.0. The van der Waals surface area contributed by atoms with Crippen molar-refractivity contribution in [2.75, 3.05) is 12.3 Å². The number of piperidine rings is 1. The number of likely N-dealkylation sites (tertiary alicyclic amines) is 1. The van der Waals surface area contributed by atoms with E-state index in [0.717, 1.165) is 48.9 Å². The first-order chi connectivity index (χ1) is 15.7. The number of rotatable bonds is 2. The second-order valence-electron chi connectivity index (χ2n) is 11.6. The van der Waals surface area contributed by atoms with Gasteiger partial charge in [-0.25, -0.2) is 4.98 Å². The molecular weight excluding hydrogens is 426 g/mol. The Morgan fingerprint density at radius 2 is 2.00 bits per heavy atom. The average Bonchev–Trinajstić information content (AvgIpc) is 3.21. The lowest BCUT2D eigenvalue weighted by Gasteiger charge is -2.40. The van der Waals surface area contributed by atoms with E-state index in [-0.39, 0.29) is 11.3 Å². The lowest BCUT2D eigenvalue weighted by atomic mass is 9.81. The third-order valence-electron chi connectivity index (χ3n) is 8.61. The summed E-state index contributed by atoms with van der Waals surface area (Å²) in [6.45, 7) is 7.87. The van der Waals surface area contributed by atoms with Crippen LogP contribution in [0, 0.1) is 10.8 Å². The van der Waals surface area contributed by atoms with Crippen molar-refractivity contribution in [2.45, 2.75) is 71.3 Å². The van der Waals surface area contributed by atoms with Crippen LogP contribution in [0.3, 0.4) is 0 Å². The number of fused-ring (bicyclic) bond motifs is 4. The summed E-state index contributed by atoms with van der Waals surface area (Å²) in [4.78, 5) is 22.5. The summed E-state index contributed by atoms with van der Waals surface area (Å²) < 4.78 is 0. The molecule has 4 nitrogen and oxygen atoms in total. The second kappa shape index (κ2) is 7.30. The molecule has 3 atom stereocenters. The number of nitrogen functional groups attached to an aromatic ring is 1. The predicted octanol–water partition coefficient (Wildman–Crippen LogP) is 6.19. The molecule has 1 aliphatic heterocycles. The van der Waals surface area contributed by atoms with Gasteiger partial charge in [-0.3, -0.25) is 4.79 Å². The number of amides is 1. The topological polar surface area (TPSA) is 59.2 Å². The second-order valence-corrected chi connectivity index (χ2v) is 12.6. The summed E-state index contributed by atoms with van der Waals surface area (Å²) in [7, 11) is 0. The van der Waals surface area contributed by atoms with E-state index in [1.54, 1.807) is 0 Å². The Bertz CT molecular complexity index is 1250. The maximum Gasteiger partial charge on any atom is 0.266 e. The van der Waals surface area contributed by atoms with Crippen LogP contribution in [-0.4, -0.2) is 28.4 Å². The number of anilines is 1. The molecular formula is C28H33N3OS. The van der Waals surface area contributed by atoms with E-state index in [2.05, 4.69) is 62.1 Å². The number of nitrogens with zero attached hydrogens (tertiary/aromatic N) is 2. The Kier molecular flexibility index (Phi) is 4.68. The lowest BCUT2D eigenvalue weighted by molar-refractivity contribution is 0.0480. The standard InChI is InChI=1S/C28H33N3OS/c1-27(2)16-28(3)11-12-31(22(27)15-28)26(32)24-23(29)20-14-19-13-18(17-7-5-4-6-8-17)9-10-21(19)30-25(20)33-24/h4-8,14,18,22H,9-13,15-16,29H2,1-3H3. The van der Waals surface area contributed by atoms with Gasteiger partial charge in [-0.15, -0.1) is 11.3 Å². The van der Waals surface area contributed by atoms with E-state index in [4.69, 9.17) is 10.7 Å². The van der Waals surface area contributed by atoms with E-state index in [1.165, 1.54) is 34.6 Å². The van der Waals surface area contributed by atoms with Crippen molar-refractivity contribution in [2.24, 2.45) is 10.8 Å². The van der Waals surface area contributed by atoms with Gasteiger partial charge in [0.05, 0.1) is 5.69 Å². The van der Waals surface area contributed by atoms with Crippen molar-refractivity contribution in [1.29, 1.82) is 0 Å². The number of nitrogens with two attached hydrogens (primary N) is 1. The number of thiophene rings is 1. The first-order valence-electron chi connectivity index (χ1n) is 12.3. The first kappa shape index (κ1) is 21.2. The Morgan fingerprint density at radius 1 is 1.21 bits per heavy atom. The smallest absolute Gasteiger partial charge is 0.266 e. The molecule has 1 amide bonds. The summed E-state index contributed by atoms with van der Waals surface area (Å²) in [6.07, 6.45) is 6.45. The van der Waals surface area contributed by atoms with Crippen molar-refractivity contribution in [3.63, 3.8) is 0 Å². The summed E-state index contributed by atoms with van der Waals surface area (Å²) in [5.74, 6) is 0.629. The van der Waals surface area contributed by atoms with E-state index < -0.39 is 0 Å². The monoisotopic (exact) mass is 459 g/mol. The van der Waals surface area contributed by atoms with Crippen LogP contribution in [0.2, 0.25) is 0 Å². The van der Waals surface area contributed by atoms with E-state index >= 15 is 0 Å². The lowest BCUT2D eigenvalue weighted by Crippen LogP contribution is -2.48. The van der Waals surface area contributed by atoms with Crippen LogP contribution in [-0.2, 0) is 12.8 Å². The fraction of sp³-hybridized carbons (Fsp3) is 0.500. The van der Waals surface area contributed by atoms with E-state index in [9.17, 15) is 4.79 Å². The molecule has 33 heavy (non-hydrogen) atoms. The van der Waals surface area contributed by atoms with Crippen LogP contribution in [0.15, 0.2) is 36.4 Å². The molecule has 2 aromatic heterocycles. The van der Waals surface area contributed by atoms with E-state index in [1.807, 2.05) is 0 Å². The molecule has 0 spiro atoms. The van der Waals surface area contributed by atoms with Crippen LogP contribution >= 0.6 is 11.3 Å². The Hall–Kier alpha value is -2.40. The fourth-order valence-corrected chi connectivity index (χ4v) is 8.09. The van der Waals surface area contributed by atoms with Gasteiger partial charge in [-0.05, 0) is 72.5 Å². The molecule has 172 valence electrons. The zero-order valence-corrected chi connectivity index (χ0v) is 20.7. The molecule has 3 heterocycles. The predicted molar refractivity (Wildman–Crippen MR) is 136 cm³/mol. The third kappa shape index (κ3) is 3.39. The van der Waals surface area contributed by atoms with Crippen molar-refractivity contribution < 1.29 is 4.79 Å². The van der Waals surface area contributed by atoms with E-state index in [0.29, 0.717) is 27.9 Å². The average molecular weight is 460 g/mol. The fourth-order valence-electron chi connectivity index (χ4n) is 7.03. The van der Waals surface area contributed by atoms with Gasteiger partial charge in [0.2, 0.25) is 0 Å². The number of hydrogen-bond donors (Lipinski definition) is 1. The highest BCUT2D eigenvalue weighted by molar-refractivity contribution is 7.21. The van der Waals surface area contributed by atoms with Gasteiger partial charge in [0.15, 0.2) is 0 Å². The molecule has 2 N–H and O–H groups in total. The molecule has 0 radical (unpaired) electrons. The van der Waals surface area contributed by atoms with Gasteiger partial charge in [0.25, 0.3) is 5.91 Å². The van der Waals surface area contributed by atoms with Crippen LogP contribution in [0.25, 0.3) is 10.2 Å². The minimum absolute atomic E-state index is 0.109. The SMILES string of the molecule is CC12CCN(C(=O)c3sc4nc5c(cc4c3N)CC(c3ccccc3)CC5)C(C1)C(C)(C)C2. The maximum absolute atomic E-state index is 13.8. The van der Waals surface area contributed by atoms with Crippen LogP contribution in [0.5, 0.6) is 0 Å². The van der Waals surface area contributed by atoms with Gasteiger partial charge in [0.1, 0.15) is 9.71 Å². The molecule has 2 aliphatic carbocycles. The Balaban J connectivity index is 1.33. The normalized spacial score (nSPS) is 28.2. The summed E-state index contributed by atoms with van der Waals surface area (Å²) >= 11 is 1.49. The van der Waals surface area contributed by atoms with Crippen molar-refractivity contribution in [1.82, 2.24) is 9.88 Å². The number of aryl methyl sites for hydroxylation is 1. The first-order valence-corrected chi connectivity index (χ1v) is 13.1. The third-order valence-corrected chi connectivity index (χ3v) is 9.72. The van der Waals surface area contributed by atoms with Crippen LogP contribution in [0.1, 0.15) is 78.9 Å². The Labute approximate surface area is 200 Å². The molecule has 1 saturated heterocycles. The zero-order valence-electron chi connectivity index (χ0n) is 19.9. The highest BCUT2D eigenvalue weighted by Gasteiger charge is 2.53. The Morgan fingerprint density at radius 3 is 2.79 bits per heavy atom. The van der Waals surface area contributed by atoms with Gasteiger partial charge in [-0.1, -0.05) is 51.1 Å². The maximum atomic E-state index is 13.8. The van der Waals surface area contributed by atoms with Crippen LogP contribution in [0.4, 0.5) is 5.69 Å². The summed E-state index contributed by atoms with van der Waals surface area (Å²) in [5, 5.41) is 0.961.